The van der Waals surface area contributed by atoms with Crippen LogP contribution < -0.4 is 0 Å². The molecule has 20 heavy (non-hydrogen) atoms. The van der Waals surface area contributed by atoms with Crippen molar-refractivity contribution in [1.82, 2.24) is 0 Å². The van der Waals surface area contributed by atoms with Crippen molar-refractivity contribution in [2.45, 2.75) is 33.8 Å². The lowest BCUT2D eigenvalue weighted by Crippen LogP contribution is -2.24. The molecule has 1 aromatic carbocycles. The van der Waals surface area contributed by atoms with Crippen molar-refractivity contribution in [3.05, 3.63) is 39.9 Å². The van der Waals surface area contributed by atoms with Gasteiger partial charge in [0.05, 0.1) is 10.5 Å². The largest absolute Gasteiger partial charge is 0.460 e. The summed E-state index contributed by atoms with van der Waals surface area (Å²) in [6.45, 7) is 4.92. The van der Waals surface area contributed by atoms with E-state index in [-0.39, 0.29) is 24.5 Å². The van der Waals surface area contributed by atoms with E-state index in [0.29, 0.717) is 5.56 Å². The molecule has 0 unspecified atom stereocenters. The molecule has 0 aromatic heterocycles. The third-order valence-corrected chi connectivity index (χ3v) is 2.72. The van der Waals surface area contributed by atoms with Crippen LogP contribution in [-0.4, -0.2) is 16.7 Å². The molecule has 0 saturated carbocycles. The zero-order chi connectivity index (χ0) is 15.3. The Kier molecular flexibility index (Phi) is 4.96. The van der Waals surface area contributed by atoms with E-state index in [2.05, 4.69) is 0 Å². The second kappa shape index (κ2) is 6.27. The van der Waals surface area contributed by atoms with Gasteiger partial charge in [-0.1, -0.05) is 32.9 Å². The van der Waals surface area contributed by atoms with Crippen LogP contribution in [0.2, 0.25) is 0 Å². The van der Waals surface area contributed by atoms with Crippen molar-refractivity contribution in [2.24, 2.45) is 5.41 Å². The number of carbonyl (C=O) groups is 2. The molecule has 0 atom stereocenters. The molecule has 0 fully saturated rings. The van der Waals surface area contributed by atoms with Crippen LogP contribution in [-0.2, 0) is 20.9 Å². The Morgan fingerprint density at radius 3 is 2.40 bits per heavy atom. The van der Waals surface area contributed by atoms with Crippen molar-refractivity contribution in [3.8, 4) is 0 Å². The van der Waals surface area contributed by atoms with Crippen LogP contribution in [0, 0.1) is 15.5 Å². The summed E-state index contributed by atoms with van der Waals surface area (Å²) in [5.74, 6) is -0.909. The van der Waals surface area contributed by atoms with Crippen molar-refractivity contribution in [1.29, 1.82) is 0 Å². The summed E-state index contributed by atoms with van der Waals surface area (Å²) in [7, 11) is 0. The summed E-state index contributed by atoms with van der Waals surface area (Å²) in [4.78, 5) is 33.4. The van der Waals surface area contributed by atoms with E-state index in [9.17, 15) is 19.7 Å². The average Bonchev–Trinajstić information content (AvgIpc) is 2.35. The van der Waals surface area contributed by atoms with Crippen LogP contribution in [0.1, 0.15) is 32.8 Å². The molecule has 6 nitrogen and oxygen atoms in total. The number of hydrogen-bond acceptors (Lipinski definition) is 5. The molecule has 0 heterocycles. The molecule has 0 aliphatic rings. The molecule has 108 valence electrons. The van der Waals surface area contributed by atoms with Gasteiger partial charge in [0.15, 0.2) is 0 Å². The number of hydrogen-bond donors (Lipinski definition) is 0. The summed E-state index contributed by atoms with van der Waals surface area (Å²) < 4.78 is 4.92. The molecule has 0 radical (unpaired) electrons. The Morgan fingerprint density at radius 2 is 1.85 bits per heavy atom. The smallest absolute Gasteiger partial charge is 0.313 e. The van der Waals surface area contributed by atoms with Crippen LogP contribution in [0.15, 0.2) is 24.3 Å². The van der Waals surface area contributed by atoms with Gasteiger partial charge < -0.3 is 4.74 Å². The van der Waals surface area contributed by atoms with Gasteiger partial charge in [-0.3, -0.25) is 19.7 Å². The van der Waals surface area contributed by atoms with Crippen molar-refractivity contribution in [2.75, 3.05) is 0 Å². The second-order valence-electron chi connectivity index (χ2n) is 5.40. The first-order valence-corrected chi connectivity index (χ1v) is 6.13. The molecule has 1 rings (SSSR count). The number of nitro benzene ring substituents is 1. The molecule has 0 amide bonds. The molecule has 0 saturated heterocycles. The second-order valence-corrected chi connectivity index (χ2v) is 5.40. The zero-order valence-electron chi connectivity index (χ0n) is 11.7. The summed E-state index contributed by atoms with van der Waals surface area (Å²) >= 11 is 0. The van der Waals surface area contributed by atoms with Gasteiger partial charge in [0.1, 0.15) is 18.8 Å². The van der Waals surface area contributed by atoms with E-state index in [1.165, 1.54) is 18.2 Å². The van der Waals surface area contributed by atoms with Gasteiger partial charge in [-0.15, -0.1) is 0 Å². The Hall–Kier alpha value is -2.24. The number of Topliss-reactive ketones (excluding diaryl/α,β-unsaturated/α-hetero) is 1. The molecule has 0 bridgehead atoms. The monoisotopic (exact) mass is 279 g/mol. The number of carbonyl (C=O) groups excluding carboxylic acids is 2. The number of nitro groups is 1. The maximum absolute atomic E-state index is 11.7. The Morgan fingerprint density at radius 1 is 1.25 bits per heavy atom. The molecular weight excluding hydrogens is 262 g/mol. The third-order valence-electron chi connectivity index (χ3n) is 2.72. The maximum atomic E-state index is 11.7. The highest BCUT2D eigenvalue weighted by atomic mass is 16.6. The standard InChI is InChI=1S/C14H17NO5/c1-14(2,3)12(16)8-13(17)20-9-10-6-4-5-7-11(10)15(18)19/h4-7H,8-9H2,1-3H3. The fraction of sp³-hybridized carbons (Fsp3) is 0.429. The first-order valence-electron chi connectivity index (χ1n) is 6.13. The van der Waals surface area contributed by atoms with Gasteiger partial charge in [0, 0.05) is 11.5 Å². The van der Waals surface area contributed by atoms with Gasteiger partial charge in [-0.2, -0.15) is 0 Å². The van der Waals surface area contributed by atoms with E-state index in [0.717, 1.165) is 0 Å². The summed E-state index contributed by atoms with van der Waals surface area (Å²) in [5, 5.41) is 10.8. The van der Waals surface area contributed by atoms with E-state index in [1.807, 2.05) is 0 Å². The average molecular weight is 279 g/mol. The normalized spacial score (nSPS) is 10.9. The van der Waals surface area contributed by atoms with Crippen LogP contribution in [0.25, 0.3) is 0 Å². The minimum atomic E-state index is -0.678. The lowest BCUT2D eigenvalue weighted by molar-refractivity contribution is -0.385. The van der Waals surface area contributed by atoms with E-state index >= 15 is 0 Å². The molecule has 1 aromatic rings. The fourth-order valence-corrected chi connectivity index (χ4v) is 1.42. The van der Waals surface area contributed by atoms with Gasteiger partial charge in [0.25, 0.3) is 5.69 Å². The molecule has 0 aliphatic heterocycles. The summed E-state index contributed by atoms with van der Waals surface area (Å²) in [6.07, 6.45) is -0.329. The SMILES string of the molecule is CC(C)(C)C(=O)CC(=O)OCc1ccccc1[N+](=O)[O-]. The quantitative estimate of drug-likeness (QED) is 0.358. The lowest BCUT2D eigenvalue weighted by atomic mass is 9.89. The van der Waals surface area contributed by atoms with Gasteiger partial charge >= 0.3 is 5.97 Å². The van der Waals surface area contributed by atoms with E-state index in [1.54, 1.807) is 26.8 Å². The number of benzene rings is 1. The van der Waals surface area contributed by atoms with Gasteiger partial charge in [0.2, 0.25) is 0 Å². The van der Waals surface area contributed by atoms with Gasteiger partial charge in [-0.05, 0) is 6.07 Å². The highest BCUT2D eigenvalue weighted by molar-refractivity contribution is 5.98. The number of rotatable bonds is 5. The van der Waals surface area contributed by atoms with Crippen molar-refractivity contribution < 1.29 is 19.2 Å². The summed E-state index contributed by atoms with van der Waals surface area (Å²) in [6, 6.07) is 6.00. The van der Waals surface area contributed by atoms with Crippen molar-refractivity contribution in [3.63, 3.8) is 0 Å². The number of ketones is 1. The molecule has 6 heteroatoms. The van der Waals surface area contributed by atoms with Crippen LogP contribution in [0.4, 0.5) is 5.69 Å². The predicted molar refractivity (Wildman–Crippen MR) is 72.0 cm³/mol. The summed E-state index contributed by atoms with van der Waals surface area (Å²) in [5.41, 5.74) is -0.422. The Bertz CT molecular complexity index is 531. The zero-order valence-corrected chi connectivity index (χ0v) is 11.7. The van der Waals surface area contributed by atoms with Crippen LogP contribution in [0.5, 0.6) is 0 Å². The number of ether oxygens (including phenoxy) is 1. The Balaban J connectivity index is 2.62. The highest BCUT2D eigenvalue weighted by Gasteiger charge is 2.24. The molecule has 0 aliphatic carbocycles. The minimum Gasteiger partial charge on any atom is -0.460 e. The molecular formula is C14H17NO5. The fourth-order valence-electron chi connectivity index (χ4n) is 1.42. The third kappa shape index (κ3) is 4.46. The predicted octanol–water partition coefficient (Wildman–Crippen LogP) is 2.64. The highest BCUT2D eigenvalue weighted by Crippen LogP contribution is 2.20. The van der Waals surface area contributed by atoms with Crippen LogP contribution in [0.3, 0.4) is 0 Å². The first kappa shape index (κ1) is 15.8. The maximum Gasteiger partial charge on any atom is 0.313 e. The molecule has 0 N–H and O–H groups in total. The lowest BCUT2D eigenvalue weighted by Gasteiger charge is -2.15. The Labute approximate surface area is 116 Å². The first-order chi connectivity index (χ1) is 9.21. The number of esters is 1. The van der Waals surface area contributed by atoms with Crippen LogP contribution >= 0.6 is 0 Å². The van der Waals surface area contributed by atoms with Crippen molar-refractivity contribution >= 4 is 17.4 Å². The number of nitrogens with zero attached hydrogens (tertiary/aromatic N) is 1. The topological polar surface area (TPSA) is 86.5 Å². The minimum absolute atomic E-state index is 0.109. The van der Waals surface area contributed by atoms with E-state index < -0.39 is 16.3 Å². The molecule has 0 spiro atoms. The van der Waals surface area contributed by atoms with E-state index in [4.69, 9.17) is 4.74 Å². The number of para-hydroxylation sites is 1. The van der Waals surface area contributed by atoms with Gasteiger partial charge in [-0.25, -0.2) is 0 Å².